The van der Waals surface area contributed by atoms with E-state index in [-0.39, 0.29) is 0 Å². The van der Waals surface area contributed by atoms with Gasteiger partial charge in [-0.1, -0.05) is 11.3 Å². The molecule has 0 bridgehead atoms. The van der Waals surface area contributed by atoms with Gasteiger partial charge in [0.1, 0.15) is 11.3 Å². The van der Waals surface area contributed by atoms with E-state index in [1.165, 1.54) is 24.8 Å². The minimum atomic E-state index is 0.302. The average molecular weight is 439 g/mol. The summed E-state index contributed by atoms with van der Waals surface area (Å²) in [7, 11) is 0. The molecule has 1 aliphatic rings. The van der Waals surface area contributed by atoms with Gasteiger partial charge < -0.3 is 14.3 Å². The van der Waals surface area contributed by atoms with Crippen LogP contribution in [0.2, 0.25) is 0 Å². The van der Waals surface area contributed by atoms with E-state index < -0.39 is 0 Å². The van der Waals surface area contributed by atoms with Crippen molar-refractivity contribution in [2.24, 2.45) is 0 Å². The quantitative estimate of drug-likeness (QED) is 0.418. The van der Waals surface area contributed by atoms with Crippen LogP contribution in [0.5, 0.6) is 0 Å². The van der Waals surface area contributed by atoms with E-state index in [1.54, 1.807) is 0 Å². The molecule has 5 aromatic rings. The van der Waals surface area contributed by atoms with Crippen LogP contribution < -0.4 is 5.32 Å². The molecule has 0 unspecified atom stereocenters. The number of rotatable bonds is 7. The van der Waals surface area contributed by atoms with Crippen LogP contribution >= 0.6 is 0 Å². The van der Waals surface area contributed by atoms with E-state index in [0.29, 0.717) is 12.1 Å². The lowest BCUT2D eigenvalue weighted by Crippen LogP contribution is -2.47. The topological polar surface area (TPSA) is 77.9 Å². The van der Waals surface area contributed by atoms with E-state index >= 15 is 0 Å². The Morgan fingerprint density at radius 1 is 1.06 bits per heavy atom. The second-order valence-electron chi connectivity index (χ2n) is 9.13. The summed E-state index contributed by atoms with van der Waals surface area (Å²) in [6, 6.07) is 10.3. The second kappa shape index (κ2) is 7.97. The van der Waals surface area contributed by atoms with Gasteiger partial charge in [-0.05, 0) is 56.0 Å². The lowest BCUT2D eigenvalue weighted by molar-refractivity contribution is 0.207. The number of nitrogens with zero attached hydrogens (tertiary/aromatic N) is 7. The Bertz CT molecular complexity index is 1390. The van der Waals surface area contributed by atoms with Crippen LogP contribution in [0.4, 0.5) is 0 Å². The van der Waals surface area contributed by atoms with Gasteiger partial charge in [-0.25, -0.2) is 9.67 Å². The molecule has 1 N–H and O–H groups in total. The molecule has 0 aromatic carbocycles. The van der Waals surface area contributed by atoms with Crippen LogP contribution in [0.15, 0.2) is 73.7 Å². The SMILES string of the molecule is CC1(NCc2ccc3nc(Cn4cc(-c5cncc(-n6cccc6)c5)nn4)cn3c2)CCC1. The number of imidazole rings is 1. The van der Waals surface area contributed by atoms with Gasteiger partial charge in [-0.15, -0.1) is 5.10 Å². The molecule has 5 heterocycles. The predicted octanol–water partition coefficient (Wildman–Crippen LogP) is 3.86. The van der Waals surface area contributed by atoms with Crippen molar-refractivity contribution < 1.29 is 0 Å². The Balaban J connectivity index is 1.17. The highest BCUT2D eigenvalue weighted by Crippen LogP contribution is 2.31. The third-order valence-corrected chi connectivity index (χ3v) is 6.52. The van der Waals surface area contributed by atoms with Gasteiger partial charge in [-0.2, -0.15) is 0 Å². The van der Waals surface area contributed by atoms with Crippen molar-refractivity contribution in [1.29, 1.82) is 0 Å². The molecule has 0 aliphatic heterocycles. The van der Waals surface area contributed by atoms with Crippen molar-refractivity contribution in [3.8, 4) is 16.9 Å². The van der Waals surface area contributed by atoms with Crippen molar-refractivity contribution >= 4 is 5.65 Å². The van der Waals surface area contributed by atoms with E-state index in [0.717, 1.165) is 34.8 Å². The van der Waals surface area contributed by atoms with Crippen LogP contribution in [0.1, 0.15) is 37.4 Å². The molecule has 33 heavy (non-hydrogen) atoms. The fraction of sp³-hybridized carbons (Fsp3) is 0.280. The first kappa shape index (κ1) is 19.9. The highest BCUT2D eigenvalue weighted by Gasteiger charge is 2.30. The van der Waals surface area contributed by atoms with E-state index in [2.05, 4.69) is 62.5 Å². The molecule has 0 atom stereocenters. The Kier molecular flexibility index (Phi) is 4.80. The lowest BCUT2D eigenvalue weighted by Gasteiger charge is -2.39. The number of fused-ring (bicyclic) bond motifs is 1. The first-order valence-corrected chi connectivity index (χ1v) is 11.3. The summed E-state index contributed by atoms with van der Waals surface area (Å²) in [6.45, 7) is 3.75. The second-order valence-corrected chi connectivity index (χ2v) is 9.13. The van der Waals surface area contributed by atoms with Gasteiger partial charge in [0, 0.05) is 48.6 Å². The molecule has 5 aromatic heterocycles. The van der Waals surface area contributed by atoms with Gasteiger partial charge in [0.25, 0.3) is 0 Å². The first-order valence-electron chi connectivity index (χ1n) is 11.3. The highest BCUT2D eigenvalue weighted by atomic mass is 15.4. The van der Waals surface area contributed by atoms with Crippen LogP contribution in [-0.2, 0) is 13.1 Å². The van der Waals surface area contributed by atoms with Crippen molar-refractivity contribution in [3.05, 3.63) is 85.0 Å². The fourth-order valence-electron chi connectivity index (χ4n) is 4.36. The normalized spacial score (nSPS) is 15.1. The smallest absolute Gasteiger partial charge is 0.137 e. The van der Waals surface area contributed by atoms with Crippen LogP contribution in [-0.4, -0.2) is 39.5 Å². The lowest BCUT2D eigenvalue weighted by atomic mass is 9.78. The summed E-state index contributed by atoms with van der Waals surface area (Å²) in [6.07, 6.45) is 17.7. The number of aromatic nitrogens is 7. The maximum atomic E-state index is 4.75. The standard InChI is InChI=1S/C25H26N8/c1-25(7-4-8-25)27-12-19-5-6-24-28-21(16-32(24)15-19)17-33-18-23(29-30-33)20-11-22(14-26-13-20)31-9-2-3-10-31/h2-3,5-6,9-11,13-16,18,27H,4,7-8,12,17H2,1H3. The zero-order valence-electron chi connectivity index (χ0n) is 18.6. The van der Waals surface area contributed by atoms with Crippen molar-refractivity contribution in [2.75, 3.05) is 0 Å². The summed E-state index contributed by atoms with van der Waals surface area (Å²) in [5.74, 6) is 0. The minimum Gasteiger partial charge on any atom is -0.322 e. The number of hydrogen-bond acceptors (Lipinski definition) is 5. The minimum absolute atomic E-state index is 0.302. The van der Waals surface area contributed by atoms with E-state index in [1.807, 2.05) is 52.4 Å². The Morgan fingerprint density at radius 2 is 1.94 bits per heavy atom. The first-order chi connectivity index (χ1) is 16.1. The van der Waals surface area contributed by atoms with Crippen molar-refractivity contribution in [3.63, 3.8) is 0 Å². The molecule has 1 saturated carbocycles. The molecule has 8 heteroatoms. The Labute approximate surface area is 191 Å². The molecule has 1 fully saturated rings. The zero-order valence-corrected chi connectivity index (χ0v) is 18.6. The zero-order chi connectivity index (χ0) is 22.3. The van der Waals surface area contributed by atoms with Crippen LogP contribution in [0.25, 0.3) is 22.6 Å². The molecule has 1 aliphatic carbocycles. The number of hydrogen-bond donors (Lipinski definition) is 1. The van der Waals surface area contributed by atoms with E-state index in [9.17, 15) is 0 Å². The number of pyridine rings is 2. The fourth-order valence-corrected chi connectivity index (χ4v) is 4.36. The van der Waals surface area contributed by atoms with Crippen LogP contribution in [0, 0.1) is 0 Å². The van der Waals surface area contributed by atoms with Crippen molar-refractivity contribution in [2.45, 2.75) is 44.8 Å². The molecule has 0 saturated heterocycles. The summed E-state index contributed by atoms with van der Waals surface area (Å²) in [4.78, 5) is 9.12. The van der Waals surface area contributed by atoms with Gasteiger partial charge in [0.05, 0.1) is 30.3 Å². The monoisotopic (exact) mass is 438 g/mol. The predicted molar refractivity (Wildman–Crippen MR) is 126 cm³/mol. The molecule has 0 radical (unpaired) electrons. The summed E-state index contributed by atoms with van der Waals surface area (Å²) in [5, 5.41) is 12.4. The molecule has 0 amide bonds. The molecular formula is C25H26N8. The molecule has 8 nitrogen and oxygen atoms in total. The van der Waals surface area contributed by atoms with E-state index in [4.69, 9.17) is 4.98 Å². The Hall–Kier alpha value is -3.78. The maximum absolute atomic E-state index is 4.75. The summed E-state index contributed by atoms with van der Waals surface area (Å²) >= 11 is 0. The molecule has 0 spiro atoms. The molecule has 166 valence electrons. The maximum Gasteiger partial charge on any atom is 0.137 e. The summed E-state index contributed by atoms with van der Waals surface area (Å²) in [5.41, 5.74) is 6.16. The highest BCUT2D eigenvalue weighted by molar-refractivity contribution is 5.59. The third-order valence-electron chi connectivity index (χ3n) is 6.52. The third kappa shape index (κ3) is 4.05. The summed E-state index contributed by atoms with van der Waals surface area (Å²) < 4.78 is 5.94. The largest absolute Gasteiger partial charge is 0.322 e. The van der Waals surface area contributed by atoms with Crippen LogP contribution in [0.3, 0.4) is 0 Å². The molecular weight excluding hydrogens is 412 g/mol. The van der Waals surface area contributed by atoms with Crippen molar-refractivity contribution in [1.82, 2.24) is 39.2 Å². The van der Waals surface area contributed by atoms with Gasteiger partial charge >= 0.3 is 0 Å². The van der Waals surface area contributed by atoms with Gasteiger partial charge in [-0.3, -0.25) is 4.98 Å². The number of nitrogens with one attached hydrogen (secondary N) is 1. The van der Waals surface area contributed by atoms with Gasteiger partial charge in [0.2, 0.25) is 0 Å². The average Bonchev–Trinajstić information content (AvgIpc) is 3.57. The molecule has 6 rings (SSSR count). The van der Waals surface area contributed by atoms with Gasteiger partial charge in [0.15, 0.2) is 0 Å². The Morgan fingerprint density at radius 3 is 2.76 bits per heavy atom.